The molecule has 0 amide bonds. The standard InChI is InChI=1S/C19H23N3O5S/c1-13-10-16(22(23)24)8-9-19(13)28(25,26)20-17-6-4-5-7-18(17)21-11-14(2)27-15(3)12-21/h4-10,14-15,20H,11-12H2,1-3H3. The van der Waals surface area contributed by atoms with E-state index in [1.54, 1.807) is 19.1 Å². The second-order valence-electron chi connectivity index (χ2n) is 6.99. The molecule has 8 nitrogen and oxygen atoms in total. The number of nitro benzene ring substituents is 1. The molecule has 9 heteroatoms. The first-order valence-electron chi connectivity index (χ1n) is 8.94. The molecule has 150 valence electrons. The smallest absolute Gasteiger partial charge is 0.269 e. The van der Waals surface area contributed by atoms with Crippen molar-refractivity contribution in [2.24, 2.45) is 0 Å². The molecular formula is C19H23N3O5S. The van der Waals surface area contributed by atoms with Gasteiger partial charge in [0.1, 0.15) is 0 Å². The van der Waals surface area contributed by atoms with Gasteiger partial charge in [-0.1, -0.05) is 12.1 Å². The normalized spacial score (nSPS) is 20.0. The zero-order valence-electron chi connectivity index (χ0n) is 16.0. The van der Waals surface area contributed by atoms with Crippen LogP contribution in [-0.2, 0) is 14.8 Å². The number of hydrogen-bond donors (Lipinski definition) is 1. The first kappa shape index (κ1) is 20.1. The molecule has 28 heavy (non-hydrogen) atoms. The molecule has 1 N–H and O–H groups in total. The van der Waals surface area contributed by atoms with Crippen molar-refractivity contribution in [2.45, 2.75) is 37.9 Å². The van der Waals surface area contributed by atoms with Gasteiger partial charge in [-0.3, -0.25) is 14.8 Å². The van der Waals surface area contributed by atoms with Crippen molar-refractivity contribution in [3.05, 3.63) is 58.1 Å². The van der Waals surface area contributed by atoms with E-state index in [0.29, 0.717) is 24.3 Å². The summed E-state index contributed by atoms with van der Waals surface area (Å²) >= 11 is 0. The van der Waals surface area contributed by atoms with Crippen LogP contribution in [0.5, 0.6) is 0 Å². The van der Waals surface area contributed by atoms with Crippen molar-refractivity contribution in [3.63, 3.8) is 0 Å². The summed E-state index contributed by atoms with van der Waals surface area (Å²) in [6.07, 6.45) is 0.0654. The maximum atomic E-state index is 12.9. The van der Waals surface area contributed by atoms with Gasteiger partial charge in [0.2, 0.25) is 0 Å². The predicted molar refractivity (Wildman–Crippen MR) is 107 cm³/mol. The van der Waals surface area contributed by atoms with E-state index in [-0.39, 0.29) is 22.8 Å². The molecule has 2 aromatic rings. The Morgan fingerprint density at radius 3 is 2.39 bits per heavy atom. The van der Waals surface area contributed by atoms with Crippen molar-refractivity contribution in [3.8, 4) is 0 Å². The summed E-state index contributed by atoms with van der Waals surface area (Å²) in [6.45, 7) is 6.81. The van der Waals surface area contributed by atoms with Crippen molar-refractivity contribution in [1.82, 2.24) is 0 Å². The Hall–Kier alpha value is -2.65. The minimum absolute atomic E-state index is 0.0108. The van der Waals surface area contributed by atoms with E-state index in [9.17, 15) is 18.5 Å². The van der Waals surface area contributed by atoms with Crippen LogP contribution in [0.1, 0.15) is 19.4 Å². The average molecular weight is 405 g/mol. The molecule has 1 heterocycles. The molecule has 1 saturated heterocycles. The maximum absolute atomic E-state index is 12.9. The number of para-hydroxylation sites is 2. The summed E-state index contributed by atoms with van der Waals surface area (Å²) in [5, 5.41) is 10.9. The summed E-state index contributed by atoms with van der Waals surface area (Å²) in [7, 11) is -3.91. The van der Waals surface area contributed by atoms with E-state index in [1.807, 2.05) is 26.0 Å². The van der Waals surface area contributed by atoms with Crippen molar-refractivity contribution < 1.29 is 18.1 Å². The summed E-state index contributed by atoms with van der Waals surface area (Å²) in [6, 6.07) is 10.9. The second-order valence-corrected chi connectivity index (χ2v) is 8.64. The topological polar surface area (TPSA) is 102 Å². The molecule has 1 fully saturated rings. The number of benzene rings is 2. The molecule has 0 radical (unpaired) electrons. The summed E-state index contributed by atoms with van der Waals surface area (Å²) in [4.78, 5) is 12.5. The highest BCUT2D eigenvalue weighted by Crippen LogP contribution is 2.31. The Morgan fingerprint density at radius 1 is 1.14 bits per heavy atom. The number of non-ortho nitro benzene ring substituents is 1. The highest BCUT2D eigenvalue weighted by molar-refractivity contribution is 7.92. The van der Waals surface area contributed by atoms with E-state index < -0.39 is 14.9 Å². The van der Waals surface area contributed by atoms with E-state index >= 15 is 0 Å². The van der Waals surface area contributed by atoms with Crippen LogP contribution in [0.2, 0.25) is 0 Å². The number of morpholine rings is 1. The first-order valence-corrected chi connectivity index (χ1v) is 10.4. The van der Waals surface area contributed by atoms with Crippen LogP contribution in [0.25, 0.3) is 0 Å². The fourth-order valence-corrected chi connectivity index (χ4v) is 4.76. The van der Waals surface area contributed by atoms with Crippen LogP contribution in [-0.4, -0.2) is 38.6 Å². The lowest BCUT2D eigenvalue weighted by Crippen LogP contribution is -2.45. The van der Waals surface area contributed by atoms with Crippen LogP contribution >= 0.6 is 0 Å². The largest absolute Gasteiger partial charge is 0.372 e. The summed E-state index contributed by atoms with van der Waals surface area (Å²) < 4.78 is 34.3. The minimum atomic E-state index is -3.91. The molecule has 0 saturated carbocycles. The third-order valence-corrected chi connectivity index (χ3v) is 6.09. The predicted octanol–water partition coefficient (Wildman–Crippen LogP) is 3.32. The first-order chi connectivity index (χ1) is 13.2. The zero-order chi connectivity index (χ0) is 20.5. The van der Waals surface area contributed by atoms with E-state index in [1.165, 1.54) is 18.2 Å². The van der Waals surface area contributed by atoms with Gasteiger partial charge < -0.3 is 9.64 Å². The molecule has 0 aliphatic carbocycles. The lowest BCUT2D eigenvalue weighted by Gasteiger charge is -2.37. The van der Waals surface area contributed by atoms with Gasteiger partial charge in [0.05, 0.1) is 33.4 Å². The summed E-state index contributed by atoms with van der Waals surface area (Å²) in [5.41, 5.74) is 1.40. The van der Waals surface area contributed by atoms with Crippen molar-refractivity contribution >= 4 is 27.1 Å². The van der Waals surface area contributed by atoms with Gasteiger partial charge in [0.15, 0.2) is 0 Å². The van der Waals surface area contributed by atoms with Crippen LogP contribution in [0, 0.1) is 17.0 Å². The molecule has 0 bridgehead atoms. The highest BCUT2D eigenvalue weighted by atomic mass is 32.2. The number of aryl methyl sites for hydroxylation is 1. The number of hydrogen-bond acceptors (Lipinski definition) is 6. The summed E-state index contributed by atoms with van der Waals surface area (Å²) in [5.74, 6) is 0. The van der Waals surface area contributed by atoms with Gasteiger partial charge in [0.25, 0.3) is 15.7 Å². The second kappa shape index (κ2) is 7.76. The van der Waals surface area contributed by atoms with Crippen LogP contribution in [0.3, 0.4) is 0 Å². The SMILES string of the molecule is Cc1cc([N+](=O)[O-])ccc1S(=O)(=O)Nc1ccccc1N1CC(C)OC(C)C1. The molecule has 0 aromatic heterocycles. The van der Waals surface area contributed by atoms with Gasteiger partial charge >= 0.3 is 0 Å². The molecular weight excluding hydrogens is 382 g/mol. The Bertz CT molecular complexity index is 983. The van der Waals surface area contributed by atoms with Crippen LogP contribution < -0.4 is 9.62 Å². The quantitative estimate of drug-likeness (QED) is 0.605. The Kier molecular flexibility index (Phi) is 5.57. The van der Waals surface area contributed by atoms with Crippen LogP contribution in [0.4, 0.5) is 17.1 Å². The number of ether oxygens (including phenoxy) is 1. The molecule has 0 spiro atoms. The van der Waals surface area contributed by atoms with Gasteiger partial charge in [-0.15, -0.1) is 0 Å². The van der Waals surface area contributed by atoms with Crippen molar-refractivity contribution in [2.75, 3.05) is 22.7 Å². The fourth-order valence-electron chi connectivity index (χ4n) is 3.46. The monoisotopic (exact) mass is 405 g/mol. The Balaban J connectivity index is 1.92. The lowest BCUT2D eigenvalue weighted by molar-refractivity contribution is -0.385. The molecule has 3 rings (SSSR count). The number of rotatable bonds is 5. The van der Waals surface area contributed by atoms with Gasteiger partial charge in [-0.25, -0.2) is 8.42 Å². The van der Waals surface area contributed by atoms with E-state index in [0.717, 1.165) is 5.69 Å². The van der Waals surface area contributed by atoms with E-state index in [4.69, 9.17) is 4.74 Å². The van der Waals surface area contributed by atoms with E-state index in [2.05, 4.69) is 9.62 Å². The zero-order valence-corrected chi connectivity index (χ0v) is 16.8. The minimum Gasteiger partial charge on any atom is -0.372 e. The van der Waals surface area contributed by atoms with Gasteiger partial charge in [0, 0.05) is 25.2 Å². The van der Waals surface area contributed by atoms with Crippen molar-refractivity contribution in [1.29, 1.82) is 0 Å². The number of nitro groups is 1. The molecule has 1 aliphatic heterocycles. The average Bonchev–Trinajstić information content (AvgIpc) is 2.60. The number of nitrogens with zero attached hydrogens (tertiary/aromatic N) is 2. The molecule has 2 unspecified atom stereocenters. The number of sulfonamides is 1. The lowest BCUT2D eigenvalue weighted by atomic mass is 10.2. The third kappa shape index (κ3) is 4.26. The van der Waals surface area contributed by atoms with Gasteiger partial charge in [-0.05, 0) is 44.5 Å². The Labute approximate surface area is 164 Å². The molecule has 2 aromatic carbocycles. The van der Waals surface area contributed by atoms with Gasteiger partial charge in [-0.2, -0.15) is 0 Å². The maximum Gasteiger partial charge on any atom is 0.269 e. The highest BCUT2D eigenvalue weighted by Gasteiger charge is 2.26. The Morgan fingerprint density at radius 2 is 1.79 bits per heavy atom. The molecule has 1 aliphatic rings. The molecule has 2 atom stereocenters. The third-order valence-electron chi connectivity index (χ3n) is 4.57. The fraction of sp³-hybridized carbons (Fsp3) is 0.368. The number of anilines is 2. The van der Waals surface area contributed by atoms with Crippen LogP contribution in [0.15, 0.2) is 47.4 Å². The number of nitrogens with one attached hydrogen (secondary N) is 1.